The first-order chi connectivity index (χ1) is 19.0. The number of hydrogen-bond donors (Lipinski definition) is 2. The van der Waals surface area contributed by atoms with Gasteiger partial charge in [-0.2, -0.15) is 5.26 Å². The summed E-state index contributed by atoms with van der Waals surface area (Å²) in [6.45, 7) is 9.52. The van der Waals surface area contributed by atoms with E-state index in [1.54, 1.807) is 12.1 Å². The first-order valence-corrected chi connectivity index (χ1v) is 14.6. The molecule has 1 aromatic heterocycles. The minimum atomic E-state index is -0.178. The highest BCUT2D eigenvalue weighted by atomic mass is 35.5. The molecule has 5 rings (SSSR count). The van der Waals surface area contributed by atoms with E-state index in [0.29, 0.717) is 22.0 Å². The van der Waals surface area contributed by atoms with Crippen molar-refractivity contribution in [2.24, 2.45) is 5.92 Å². The summed E-state index contributed by atoms with van der Waals surface area (Å²) >= 11 is 6.28. The lowest BCUT2D eigenvalue weighted by Crippen LogP contribution is -2.47. The highest BCUT2D eigenvalue weighted by Crippen LogP contribution is 2.32. The Hall–Kier alpha value is -2.93. The third-order valence-corrected chi connectivity index (χ3v) is 8.79. The molecular weight excluding hydrogens is 514 g/mol. The average Bonchev–Trinajstić information content (AvgIpc) is 2.98. The van der Waals surface area contributed by atoms with Crippen LogP contribution in [0.4, 0.5) is 5.82 Å². The molecule has 2 aromatic rings. The van der Waals surface area contributed by atoms with Crippen LogP contribution in [0.15, 0.2) is 24.3 Å². The molecule has 1 saturated carbocycles. The number of halogens is 1. The summed E-state index contributed by atoms with van der Waals surface area (Å²) in [5, 5.41) is 24.8. The Bertz CT molecular complexity index is 1160. The molecule has 2 saturated heterocycles. The van der Waals surface area contributed by atoms with Crippen LogP contribution in [-0.2, 0) is 0 Å². The fourth-order valence-corrected chi connectivity index (χ4v) is 6.06. The third-order valence-electron chi connectivity index (χ3n) is 8.31. The normalized spacial score (nSPS) is 22.7. The smallest absolute Gasteiger partial charge is 0.272 e. The zero-order valence-corrected chi connectivity index (χ0v) is 23.4. The second-order valence-electron chi connectivity index (χ2n) is 11.0. The van der Waals surface area contributed by atoms with Crippen molar-refractivity contribution in [2.75, 3.05) is 50.7 Å². The SMILES string of the molecule is Cc1c(OC2CCC(NC(=O)c3ccc(N4CCC(CN5CCNCC5)CC4)nn3)CC2)ccc(C#N)c1Cl. The first-order valence-electron chi connectivity index (χ1n) is 14.2. The number of nitriles is 1. The topological polar surface area (TPSA) is 106 Å². The van der Waals surface area contributed by atoms with Crippen molar-refractivity contribution in [3.05, 3.63) is 46.1 Å². The highest BCUT2D eigenvalue weighted by molar-refractivity contribution is 6.32. The lowest BCUT2D eigenvalue weighted by Gasteiger charge is -2.36. The molecule has 208 valence electrons. The Morgan fingerprint density at radius 3 is 2.49 bits per heavy atom. The maximum absolute atomic E-state index is 12.8. The van der Waals surface area contributed by atoms with Crippen LogP contribution in [0.1, 0.15) is 60.1 Å². The molecule has 39 heavy (non-hydrogen) atoms. The number of amides is 1. The number of carbonyl (C=O) groups is 1. The second kappa shape index (κ2) is 12.9. The lowest BCUT2D eigenvalue weighted by atomic mass is 9.92. The summed E-state index contributed by atoms with van der Waals surface area (Å²) in [5.74, 6) is 2.13. The Kier molecular flexibility index (Phi) is 9.17. The van der Waals surface area contributed by atoms with Gasteiger partial charge in [-0.15, -0.1) is 10.2 Å². The van der Waals surface area contributed by atoms with Crippen LogP contribution in [0.5, 0.6) is 5.75 Å². The number of anilines is 1. The Balaban J connectivity index is 1.05. The van der Waals surface area contributed by atoms with E-state index in [0.717, 1.165) is 95.1 Å². The zero-order chi connectivity index (χ0) is 27.2. The zero-order valence-electron chi connectivity index (χ0n) is 22.7. The van der Waals surface area contributed by atoms with Crippen LogP contribution in [-0.4, -0.2) is 79.0 Å². The van der Waals surface area contributed by atoms with Gasteiger partial charge < -0.3 is 25.2 Å². The largest absolute Gasteiger partial charge is 0.490 e. The number of hydrogen-bond acceptors (Lipinski definition) is 8. The molecule has 1 amide bonds. The number of aromatic nitrogens is 2. The highest BCUT2D eigenvalue weighted by Gasteiger charge is 2.26. The van der Waals surface area contributed by atoms with Gasteiger partial charge in [0, 0.05) is 57.4 Å². The summed E-state index contributed by atoms with van der Waals surface area (Å²) in [5.41, 5.74) is 1.59. The van der Waals surface area contributed by atoms with Gasteiger partial charge in [0.1, 0.15) is 11.8 Å². The number of rotatable bonds is 7. The van der Waals surface area contributed by atoms with E-state index in [2.05, 4.69) is 36.7 Å². The maximum atomic E-state index is 12.8. The van der Waals surface area contributed by atoms with Gasteiger partial charge in [0.05, 0.1) is 16.7 Å². The van der Waals surface area contributed by atoms with Crippen molar-refractivity contribution in [3.63, 3.8) is 0 Å². The quantitative estimate of drug-likeness (QED) is 0.538. The van der Waals surface area contributed by atoms with Crippen LogP contribution in [0.2, 0.25) is 5.02 Å². The van der Waals surface area contributed by atoms with Crippen molar-refractivity contribution in [3.8, 4) is 11.8 Å². The second-order valence-corrected chi connectivity index (χ2v) is 11.4. The number of benzene rings is 1. The summed E-state index contributed by atoms with van der Waals surface area (Å²) in [7, 11) is 0. The molecule has 3 fully saturated rings. The van der Waals surface area contributed by atoms with E-state index < -0.39 is 0 Å². The van der Waals surface area contributed by atoms with Crippen molar-refractivity contribution in [1.29, 1.82) is 5.26 Å². The van der Waals surface area contributed by atoms with Crippen LogP contribution in [0.3, 0.4) is 0 Å². The molecule has 1 aliphatic carbocycles. The molecule has 0 spiro atoms. The molecular formula is C29H38ClN7O2. The van der Waals surface area contributed by atoms with Crippen LogP contribution in [0, 0.1) is 24.2 Å². The van der Waals surface area contributed by atoms with Crippen molar-refractivity contribution in [2.45, 2.75) is 57.6 Å². The van der Waals surface area contributed by atoms with E-state index in [4.69, 9.17) is 21.6 Å². The average molecular weight is 552 g/mol. The Labute approximate surface area is 235 Å². The predicted molar refractivity (Wildman–Crippen MR) is 151 cm³/mol. The summed E-state index contributed by atoms with van der Waals surface area (Å²) in [4.78, 5) is 17.7. The summed E-state index contributed by atoms with van der Waals surface area (Å²) in [6, 6.07) is 9.40. The molecule has 3 heterocycles. The fourth-order valence-electron chi connectivity index (χ4n) is 5.86. The number of piperidine rings is 1. The number of carbonyl (C=O) groups excluding carboxylic acids is 1. The molecule has 1 aromatic carbocycles. The molecule has 0 atom stereocenters. The lowest BCUT2D eigenvalue weighted by molar-refractivity contribution is 0.0887. The van der Waals surface area contributed by atoms with Crippen LogP contribution < -0.4 is 20.3 Å². The van der Waals surface area contributed by atoms with E-state index in [1.807, 2.05) is 19.1 Å². The predicted octanol–water partition coefficient (Wildman–Crippen LogP) is 3.55. The van der Waals surface area contributed by atoms with Gasteiger partial charge in [-0.25, -0.2) is 0 Å². The Morgan fingerprint density at radius 1 is 1.08 bits per heavy atom. The van der Waals surface area contributed by atoms with Crippen molar-refractivity contribution < 1.29 is 9.53 Å². The van der Waals surface area contributed by atoms with E-state index in [1.165, 1.54) is 6.54 Å². The van der Waals surface area contributed by atoms with Crippen molar-refractivity contribution >= 4 is 23.3 Å². The molecule has 9 nitrogen and oxygen atoms in total. The molecule has 2 N–H and O–H groups in total. The molecule has 3 aliphatic rings. The molecule has 0 radical (unpaired) electrons. The van der Waals surface area contributed by atoms with E-state index in [-0.39, 0.29) is 18.1 Å². The number of piperazine rings is 1. The summed E-state index contributed by atoms with van der Waals surface area (Å²) in [6.07, 6.45) is 5.70. The van der Waals surface area contributed by atoms with Gasteiger partial charge in [0.25, 0.3) is 5.91 Å². The first kappa shape index (κ1) is 27.6. The summed E-state index contributed by atoms with van der Waals surface area (Å²) < 4.78 is 6.18. The van der Waals surface area contributed by atoms with Gasteiger partial charge in [-0.3, -0.25) is 4.79 Å². The van der Waals surface area contributed by atoms with Gasteiger partial charge >= 0.3 is 0 Å². The fraction of sp³-hybridized carbons (Fsp3) is 0.586. The van der Waals surface area contributed by atoms with E-state index in [9.17, 15) is 4.79 Å². The Morgan fingerprint density at radius 2 is 1.82 bits per heavy atom. The van der Waals surface area contributed by atoms with Gasteiger partial charge in [0.15, 0.2) is 11.5 Å². The molecule has 2 aliphatic heterocycles. The van der Waals surface area contributed by atoms with Crippen LogP contribution >= 0.6 is 11.6 Å². The minimum Gasteiger partial charge on any atom is -0.490 e. The number of nitrogens with one attached hydrogen (secondary N) is 2. The van der Waals surface area contributed by atoms with Crippen LogP contribution in [0.25, 0.3) is 0 Å². The molecule has 0 unspecified atom stereocenters. The molecule has 0 bridgehead atoms. The standard InChI is InChI=1S/C29H38ClN7O2/c1-20-26(8-2-22(18-31)28(20)30)39-24-5-3-23(4-6-24)33-29(38)25-7-9-27(35-34-25)37-14-10-21(11-15-37)19-36-16-12-32-13-17-36/h2,7-9,21,23-24,32H,3-6,10-17,19H2,1H3,(H,33,38). The number of ether oxygens (including phenoxy) is 1. The third kappa shape index (κ3) is 6.99. The maximum Gasteiger partial charge on any atom is 0.272 e. The van der Waals surface area contributed by atoms with Gasteiger partial charge in [-0.1, -0.05) is 11.6 Å². The van der Waals surface area contributed by atoms with E-state index >= 15 is 0 Å². The van der Waals surface area contributed by atoms with Crippen molar-refractivity contribution in [1.82, 2.24) is 25.7 Å². The van der Waals surface area contributed by atoms with Gasteiger partial charge in [-0.05, 0) is 75.6 Å². The minimum absolute atomic E-state index is 0.0564. The monoisotopic (exact) mass is 551 g/mol. The molecule has 10 heteroatoms. The number of nitrogens with zero attached hydrogens (tertiary/aromatic N) is 5. The van der Waals surface area contributed by atoms with Gasteiger partial charge in [0.2, 0.25) is 0 Å².